The van der Waals surface area contributed by atoms with E-state index in [0.29, 0.717) is 15.6 Å². The largest absolute Gasteiger partial charge is 0.192 e. The molecule has 0 unspecified atom stereocenters. The molecule has 0 aliphatic rings. The lowest BCUT2D eigenvalue weighted by atomic mass is 10.0. The molecule has 1 nitrogen and oxygen atoms in total. The van der Waals surface area contributed by atoms with E-state index in [0.717, 1.165) is 16.7 Å². The fourth-order valence-corrected chi connectivity index (χ4v) is 2.44. The van der Waals surface area contributed by atoms with Crippen molar-refractivity contribution in [1.82, 2.24) is 0 Å². The van der Waals surface area contributed by atoms with Crippen LogP contribution in [0.2, 0.25) is 5.02 Å². The number of hydrogen-bond acceptors (Lipinski definition) is 1. The molecular weight excluding hydrogens is 277 g/mol. The summed E-state index contributed by atoms with van der Waals surface area (Å²) in [6, 6.07) is 17.0. The number of nitriles is 1. The van der Waals surface area contributed by atoms with Crippen LogP contribution < -0.4 is 0 Å². The molecule has 94 valence electrons. The third-order valence-corrected chi connectivity index (χ3v) is 3.45. The summed E-state index contributed by atoms with van der Waals surface area (Å²) in [4.78, 5) is 0. The maximum Gasteiger partial charge on any atom is 0.101 e. The fraction of sp³-hybridized carbons (Fsp3) is 0.0625. The zero-order valence-electron chi connectivity index (χ0n) is 10.3. The zero-order valence-corrected chi connectivity index (χ0v) is 11.8. The highest BCUT2D eigenvalue weighted by Gasteiger charge is 2.11. The van der Waals surface area contributed by atoms with Gasteiger partial charge in [0.2, 0.25) is 0 Å². The van der Waals surface area contributed by atoms with Gasteiger partial charge >= 0.3 is 0 Å². The van der Waals surface area contributed by atoms with Gasteiger partial charge in [0.1, 0.15) is 6.07 Å². The highest BCUT2D eigenvalue weighted by Crippen LogP contribution is 2.32. The normalized spacial score (nSPS) is 11.7. The molecule has 2 aromatic carbocycles. The Morgan fingerprint density at radius 3 is 2.37 bits per heavy atom. The number of hydrogen-bond donors (Lipinski definition) is 0. The van der Waals surface area contributed by atoms with Crippen molar-refractivity contribution in [2.24, 2.45) is 0 Å². The molecule has 0 bridgehead atoms. The highest BCUT2D eigenvalue weighted by atomic mass is 35.5. The number of benzene rings is 2. The first kappa shape index (κ1) is 13.7. The van der Waals surface area contributed by atoms with Gasteiger partial charge in [0.15, 0.2) is 0 Å². The number of rotatable bonds is 2. The second-order valence-corrected chi connectivity index (χ2v) is 4.94. The molecule has 0 spiro atoms. The van der Waals surface area contributed by atoms with E-state index in [1.807, 2.05) is 49.4 Å². The van der Waals surface area contributed by atoms with E-state index in [1.165, 1.54) is 0 Å². The Morgan fingerprint density at radius 2 is 1.79 bits per heavy atom. The van der Waals surface area contributed by atoms with Gasteiger partial charge in [-0.15, -0.1) is 0 Å². The summed E-state index contributed by atoms with van der Waals surface area (Å²) >= 11 is 12.3. The summed E-state index contributed by atoms with van der Waals surface area (Å²) in [7, 11) is 0. The van der Waals surface area contributed by atoms with Crippen molar-refractivity contribution < 1.29 is 0 Å². The van der Waals surface area contributed by atoms with E-state index in [1.54, 1.807) is 6.07 Å². The summed E-state index contributed by atoms with van der Waals surface area (Å²) in [5, 5.41) is 10.4. The Labute approximate surface area is 122 Å². The molecule has 3 heteroatoms. The average molecular weight is 288 g/mol. The molecule has 0 atom stereocenters. The fourth-order valence-electron chi connectivity index (χ4n) is 1.85. The summed E-state index contributed by atoms with van der Waals surface area (Å²) in [6.45, 7) is 1.92. The molecule has 0 fully saturated rings. The van der Waals surface area contributed by atoms with Crippen molar-refractivity contribution >= 4 is 33.8 Å². The van der Waals surface area contributed by atoms with Gasteiger partial charge in [-0.1, -0.05) is 59.6 Å². The maximum absolute atomic E-state index is 9.34. The average Bonchev–Trinajstić information content (AvgIpc) is 2.40. The lowest BCUT2D eigenvalue weighted by molar-refractivity contribution is 1.44. The monoisotopic (exact) mass is 287 g/mol. The quantitative estimate of drug-likeness (QED) is 0.545. The highest BCUT2D eigenvalue weighted by molar-refractivity contribution is 6.53. The van der Waals surface area contributed by atoms with Crippen molar-refractivity contribution in [3.63, 3.8) is 0 Å². The summed E-state index contributed by atoms with van der Waals surface area (Å²) in [6.07, 6.45) is 0. The zero-order chi connectivity index (χ0) is 13.8. The standard InChI is InChI=1S/C16H11Cl2N/c1-11-9-13(17)7-8-14(11)16(18)15(10-19)12-5-3-2-4-6-12/h2-9H,1H3/b16-15+. The van der Waals surface area contributed by atoms with Gasteiger partial charge in [0, 0.05) is 5.02 Å². The second-order valence-electron chi connectivity index (χ2n) is 4.13. The molecule has 2 aromatic rings. The molecule has 0 amide bonds. The molecular formula is C16H11Cl2N. The van der Waals surface area contributed by atoms with Gasteiger partial charge in [-0.25, -0.2) is 0 Å². The first-order valence-electron chi connectivity index (χ1n) is 5.75. The molecule has 0 aliphatic heterocycles. The number of halogens is 2. The number of aryl methyl sites for hydroxylation is 1. The third kappa shape index (κ3) is 2.98. The smallest absolute Gasteiger partial charge is 0.101 e. The first-order valence-corrected chi connectivity index (χ1v) is 6.51. The van der Waals surface area contributed by atoms with Gasteiger partial charge < -0.3 is 0 Å². The van der Waals surface area contributed by atoms with Crippen LogP contribution in [0.3, 0.4) is 0 Å². The van der Waals surface area contributed by atoms with Crippen LogP contribution >= 0.6 is 23.2 Å². The van der Waals surface area contributed by atoms with Crippen LogP contribution in [0, 0.1) is 18.3 Å². The molecule has 2 rings (SSSR count). The Bertz CT molecular complexity index is 667. The van der Waals surface area contributed by atoms with E-state index >= 15 is 0 Å². The van der Waals surface area contributed by atoms with Crippen LogP contribution in [0.5, 0.6) is 0 Å². The van der Waals surface area contributed by atoms with E-state index in [9.17, 15) is 5.26 Å². The van der Waals surface area contributed by atoms with Crippen molar-refractivity contribution in [1.29, 1.82) is 5.26 Å². The minimum Gasteiger partial charge on any atom is -0.192 e. The van der Waals surface area contributed by atoms with Gasteiger partial charge in [-0.05, 0) is 35.7 Å². The maximum atomic E-state index is 9.34. The van der Waals surface area contributed by atoms with Crippen molar-refractivity contribution in [3.05, 3.63) is 70.2 Å². The molecule has 0 radical (unpaired) electrons. The van der Waals surface area contributed by atoms with Gasteiger partial charge in [0.05, 0.1) is 10.6 Å². The Kier molecular flexibility index (Phi) is 4.27. The van der Waals surface area contributed by atoms with Crippen LogP contribution in [0.1, 0.15) is 16.7 Å². The van der Waals surface area contributed by atoms with Crippen LogP contribution in [0.15, 0.2) is 48.5 Å². The molecule has 0 saturated heterocycles. The lowest BCUT2D eigenvalue weighted by Crippen LogP contribution is -1.89. The van der Waals surface area contributed by atoms with Crippen LogP contribution in [0.25, 0.3) is 10.6 Å². The van der Waals surface area contributed by atoms with Gasteiger partial charge in [-0.3, -0.25) is 0 Å². The van der Waals surface area contributed by atoms with Gasteiger partial charge in [-0.2, -0.15) is 5.26 Å². The van der Waals surface area contributed by atoms with E-state index in [2.05, 4.69) is 6.07 Å². The predicted molar refractivity (Wildman–Crippen MR) is 80.9 cm³/mol. The first-order chi connectivity index (χ1) is 9.13. The van der Waals surface area contributed by atoms with Crippen molar-refractivity contribution in [3.8, 4) is 6.07 Å². The lowest BCUT2D eigenvalue weighted by Gasteiger charge is -2.08. The molecule has 0 aromatic heterocycles. The second kappa shape index (κ2) is 5.93. The Morgan fingerprint density at radius 1 is 1.11 bits per heavy atom. The molecule has 0 heterocycles. The topological polar surface area (TPSA) is 23.8 Å². The molecule has 0 saturated carbocycles. The predicted octanol–water partition coefficient (Wildman–Crippen LogP) is 5.28. The van der Waals surface area contributed by atoms with Crippen LogP contribution in [-0.4, -0.2) is 0 Å². The van der Waals surface area contributed by atoms with Crippen LogP contribution in [0.4, 0.5) is 0 Å². The van der Waals surface area contributed by atoms with Crippen molar-refractivity contribution in [2.45, 2.75) is 6.92 Å². The van der Waals surface area contributed by atoms with Gasteiger partial charge in [0.25, 0.3) is 0 Å². The molecule has 0 N–H and O–H groups in total. The van der Waals surface area contributed by atoms with E-state index < -0.39 is 0 Å². The third-order valence-electron chi connectivity index (χ3n) is 2.82. The Balaban J connectivity index is 2.59. The number of nitrogens with zero attached hydrogens (tertiary/aromatic N) is 1. The number of allylic oxidation sites excluding steroid dienone is 1. The van der Waals surface area contributed by atoms with Crippen LogP contribution in [-0.2, 0) is 0 Å². The minimum absolute atomic E-state index is 0.447. The SMILES string of the molecule is Cc1cc(Cl)ccc1/C(Cl)=C(/C#N)c1ccccc1. The minimum atomic E-state index is 0.447. The molecule has 19 heavy (non-hydrogen) atoms. The summed E-state index contributed by atoms with van der Waals surface area (Å²) in [5.74, 6) is 0. The van der Waals surface area contributed by atoms with E-state index in [4.69, 9.17) is 23.2 Å². The van der Waals surface area contributed by atoms with E-state index in [-0.39, 0.29) is 0 Å². The summed E-state index contributed by atoms with van der Waals surface area (Å²) < 4.78 is 0. The summed E-state index contributed by atoms with van der Waals surface area (Å²) in [5.41, 5.74) is 3.05. The Hall–Kier alpha value is -1.75. The molecule has 0 aliphatic carbocycles. The van der Waals surface area contributed by atoms with Crippen molar-refractivity contribution in [2.75, 3.05) is 0 Å².